The molecule has 0 aromatic heterocycles. The van der Waals surface area contributed by atoms with Crippen molar-refractivity contribution in [3.8, 4) is 11.5 Å². The van der Waals surface area contributed by atoms with Crippen LogP contribution >= 0.6 is 24.0 Å². The van der Waals surface area contributed by atoms with Crippen LogP contribution < -0.4 is 20.5 Å². The molecule has 0 bridgehead atoms. The SMILES string of the molecule is CCCCCC(C)(C)CN=C(N)Nc1ccc(OC)c(OC)c1.I. The molecular weight excluding hydrogens is 417 g/mol. The summed E-state index contributed by atoms with van der Waals surface area (Å²) in [5.41, 5.74) is 6.99. The Kier molecular flexibility index (Phi) is 10.8. The monoisotopic (exact) mass is 449 g/mol. The van der Waals surface area contributed by atoms with Crippen molar-refractivity contribution in [3.05, 3.63) is 18.2 Å². The first-order chi connectivity index (χ1) is 10.9. The van der Waals surface area contributed by atoms with Gasteiger partial charge in [0.25, 0.3) is 0 Å². The van der Waals surface area contributed by atoms with E-state index in [9.17, 15) is 0 Å². The summed E-state index contributed by atoms with van der Waals surface area (Å²) in [5.74, 6) is 1.76. The quantitative estimate of drug-likeness (QED) is 0.249. The molecule has 0 fully saturated rings. The van der Waals surface area contributed by atoms with Gasteiger partial charge in [0.05, 0.1) is 14.2 Å². The highest BCUT2D eigenvalue weighted by molar-refractivity contribution is 14.0. The molecule has 1 aromatic rings. The summed E-state index contributed by atoms with van der Waals surface area (Å²) in [5, 5.41) is 3.10. The number of hydrogen-bond donors (Lipinski definition) is 2. The van der Waals surface area contributed by atoms with E-state index >= 15 is 0 Å². The second kappa shape index (κ2) is 11.4. The first-order valence-electron chi connectivity index (χ1n) is 8.21. The molecule has 3 N–H and O–H groups in total. The highest BCUT2D eigenvalue weighted by atomic mass is 127. The second-order valence-electron chi connectivity index (χ2n) is 6.52. The number of rotatable bonds is 9. The Bertz CT molecular complexity index is 519. The Balaban J connectivity index is 0.00000529. The van der Waals surface area contributed by atoms with Gasteiger partial charge in [0, 0.05) is 18.3 Å². The predicted molar refractivity (Wildman–Crippen MR) is 113 cm³/mol. The van der Waals surface area contributed by atoms with E-state index in [0.29, 0.717) is 24.0 Å². The Morgan fingerprint density at radius 2 is 1.83 bits per heavy atom. The van der Waals surface area contributed by atoms with Gasteiger partial charge in [-0.25, -0.2) is 0 Å². The highest BCUT2D eigenvalue weighted by Gasteiger charge is 2.16. The Hall–Kier alpha value is -1.18. The maximum absolute atomic E-state index is 6.00. The molecule has 0 spiro atoms. The zero-order chi connectivity index (χ0) is 17.3. The van der Waals surface area contributed by atoms with Crippen molar-refractivity contribution < 1.29 is 9.47 Å². The number of halogens is 1. The average molecular weight is 449 g/mol. The van der Waals surface area contributed by atoms with Crippen LogP contribution in [0.15, 0.2) is 23.2 Å². The van der Waals surface area contributed by atoms with E-state index in [1.807, 2.05) is 18.2 Å². The number of ether oxygens (including phenoxy) is 2. The molecule has 0 saturated carbocycles. The number of guanidine groups is 1. The molecule has 24 heavy (non-hydrogen) atoms. The molecule has 1 aromatic carbocycles. The smallest absolute Gasteiger partial charge is 0.193 e. The fraction of sp³-hybridized carbons (Fsp3) is 0.611. The van der Waals surface area contributed by atoms with E-state index in [1.54, 1.807) is 14.2 Å². The highest BCUT2D eigenvalue weighted by Crippen LogP contribution is 2.29. The van der Waals surface area contributed by atoms with Crippen LogP contribution in [-0.2, 0) is 0 Å². The predicted octanol–water partition coefficient (Wildman–Crippen LogP) is 4.65. The average Bonchev–Trinajstić information content (AvgIpc) is 2.53. The van der Waals surface area contributed by atoms with E-state index < -0.39 is 0 Å². The van der Waals surface area contributed by atoms with Crippen molar-refractivity contribution in [3.63, 3.8) is 0 Å². The lowest BCUT2D eigenvalue weighted by Gasteiger charge is -2.22. The standard InChI is InChI=1S/C18H31N3O2.HI/c1-6-7-8-11-18(2,3)13-20-17(19)21-14-9-10-15(22-4)16(12-14)23-5;/h9-10,12H,6-8,11,13H2,1-5H3,(H3,19,20,21);1H. The van der Waals surface area contributed by atoms with Gasteiger partial charge in [0.15, 0.2) is 17.5 Å². The second-order valence-corrected chi connectivity index (χ2v) is 6.52. The lowest BCUT2D eigenvalue weighted by Crippen LogP contribution is -2.25. The number of anilines is 1. The van der Waals surface area contributed by atoms with Gasteiger partial charge in [-0.1, -0.05) is 40.0 Å². The van der Waals surface area contributed by atoms with Crippen LogP contribution in [0.4, 0.5) is 5.69 Å². The van der Waals surface area contributed by atoms with Crippen LogP contribution in [0.2, 0.25) is 0 Å². The molecule has 0 aliphatic carbocycles. The lowest BCUT2D eigenvalue weighted by molar-refractivity contribution is 0.333. The van der Waals surface area contributed by atoms with Crippen LogP contribution in [-0.4, -0.2) is 26.7 Å². The summed E-state index contributed by atoms with van der Waals surface area (Å²) >= 11 is 0. The van der Waals surface area contributed by atoms with Gasteiger partial charge in [0.2, 0.25) is 0 Å². The van der Waals surface area contributed by atoms with Gasteiger partial charge in [0.1, 0.15) is 0 Å². The molecule has 0 radical (unpaired) electrons. The van der Waals surface area contributed by atoms with Crippen molar-refractivity contribution in [2.45, 2.75) is 46.5 Å². The topological polar surface area (TPSA) is 68.9 Å². The molecule has 0 aliphatic rings. The Morgan fingerprint density at radius 1 is 1.17 bits per heavy atom. The van der Waals surface area contributed by atoms with Crippen molar-refractivity contribution >= 4 is 35.6 Å². The molecule has 0 saturated heterocycles. The first kappa shape index (κ1) is 22.8. The van der Waals surface area contributed by atoms with Gasteiger partial charge in [-0.05, 0) is 24.0 Å². The van der Waals surface area contributed by atoms with Crippen molar-refractivity contribution in [2.24, 2.45) is 16.1 Å². The minimum atomic E-state index is 0. The fourth-order valence-corrected chi connectivity index (χ4v) is 2.33. The molecular formula is C18H32IN3O2. The van der Waals surface area contributed by atoms with Crippen molar-refractivity contribution in [1.82, 2.24) is 0 Å². The van der Waals surface area contributed by atoms with E-state index in [4.69, 9.17) is 15.2 Å². The third-order valence-corrected chi connectivity index (χ3v) is 3.79. The van der Waals surface area contributed by atoms with Crippen molar-refractivity contribution in [2.75, 3.05) is 26.1 Å². The third kappa shape index (κ3) is 8.08. The summed E-state index contributed by atoms with van der Waals surface area (Å²) in [4.78, 5) is 4.48. The van der Waals surface area contributed by atoms with Gasteiger partial charge < -0.3 is 20.5 Å². The summed E-state index contributed by atoms with van der Waals surface area (Å²) < 4.78 is 10.5. The molecule has 0 unspecified atom stereocenters. The molecule has 0 amide bonds. The van der Waals surface area contributed by atoms with Crippen LogP contribution in [0.5, 0.6) is 11.5 Å². The van der Waals surface area contributed by atoms with Gasteiger partial charge in [-0.3, -0.25) is 4.99 Å². The molecule has 0 heterocycles. The van der Waals surface area contributed by atoms with Crippen LogP contribution in [0.3, 0.4) is 0 Å². The Morgan fingerprint density at radius 3 is 2.42 bits per heavy atom. The molecule has 5 nitrogen and oxygen atoms in total. The first-order valence-corrected chi connectivity index (χ1v) is 8.21. The van der Waals surface area contributed by atoms with E-state index in [2.05, 4.69) is 31.1 Å². The van der Waals surface area contributed by atoms with Gasteiger partial charge in [-0.15, -0.1) is 24.0 Å². The van der Waals surface area contributed by atoms with E-state index in [-0.39, 0.29) is 29.4 Å². The maximum Gasteiger partial charge on any atom is 0.193 e. The summed E-state index contributed by atoms with van der Waals surface area (Å²) in [6, 6.07) is 5.56. The number of nitrogens with one attached hydrogen (secondary N) is 1. The number of aliphatic imine (C=N–C) groups is 1. The van der Waals surface area contributed by atoms with Gasteiger partial charge >= 0.3 is 0 Å². The largest absolute Gasteiger partial charge is 0.493 e. The van der Waals surface area contributed by atoms with E-state index in [1.165, 1.54) is 19.3 Å². The zero-order valence-corrected chi connectivity index (χ0v) is 17.8. The number of nitrogens with two attached hydrogens (primary N) is 1. The number of unbranched alkanes of at least 4 members (excludes halogenated alkanes) is 2. The summed E-state index contributed by atoms with van der Waals surface area (Å²) in [6.45, 7) is 7.39. The third-order valence-electron chi connectivity index (χ3n) is 3.79. The molecule has 1 rings (SSSR count). The van der Waals surface area contributed by atoms with E-state index in [0.717, 1.165) is 12.1 Å². The number of nitrogens with zero attached hydrogens (tertiary/aromatic N) is 1. The molecule has 0 atom stereocenters. The molecule has 0 aliphatic heterocycles. The lowest BCUT2D eigenvalue weighted by atomic mass is 9.87. The van der Waals surface area contributed by atoms with Crippen LogP contribution in [0.25, 0.3) is 0 Å². The zero-order valence-electron chi connectivity index (χ0n) is 15.5. The number of hydrogen-bond acceptors (Lipinski definition) is 3. The minimum Gasteiger partial charge on any atom is -0.493 e. The Labute approximate surface area is 163 Å². The minimum absolute atomic E-state index is 0. The molecule has 6 heteroatoms. The number of benzene rings is 1. The fourth-order valence-electron chi connectivity index (χ4n) is 2.33. The maximum atomic E-state index is 6.00. The normalized spacial score (nSPS) is 11.6. The van der Waals surface area contributed by atoms with Crippen LogP contribution in [0.1, 0.15) is 46.5 Å². The number of methoxy groups -OCH3 is 2. The van der Waals surface area contributed by atoms with Gasteiger partial charge in [-0.2, -0.15) is 0 Å². The van der Waals surface area contributed by atoms with Crippen molar-refractivity contribution in [1.29, 1.82) is 0 Å². The van der Waals surface area contributed by atoms with Crippen LogP contribution in [0, 0.1) is 5.41 Å². The molecule has 138 valence electrons. The summed E-state index contributed by atoms with van der Waals surface area (Å²) in [7, 11) is 3.22. The summed E-state index contributed by atoms with van der Waals surface area (Å²) in [6.07, 6.45) is 4.91.